The number of nitrogens with one attached hydrogen (secondary N) is 1. The van der Waals surface area contributed by atoms with E-state index in [0.29, 0.717) is 6.54 Å². The van der Waals surface area contributed by atoms with Gasteiger partial charge >= 0.3 is 0 Å². The van der Waals surface area contributed by atoms with Crippen molar-refractivity contribution in [1.82, 2.24) is 19.7 Å². The lowest BCUT2D eigenvalue weighted by atomic mass is 10.2. The molecule has 0 saturated heterocycles. The number of hydrogen-bond acceptors (Lipinski definition) is 4. The minimum atomic E-state index is 0.608. The Morgan fingerprint density at radius 3 is 2.44 bits per heavy atom. The van der Waals surface area contributed by atoms with Gasteiger partial charge in [-0.15, -0.1) is 0 Å². The van der Waals surface area contributed by atoms with Crippen LogP contribution in [0, 0.1) is 27.7 Å². The molecule has 2 aromatic rings. The number of rotatable bonds is 3. The fraction of sp³-hybridized carbons (Fsp3) is 0.462. The summed E-state index contributed by atoms with van der Waals surface area (Å²) in [6.45, 7) is 8.76. The van der Waals surface area contributed by atoms with E-state index < -0.39 is 0 Å². The normalized spacial score (nSPS) is 10.7. The Morgan fingerprint density at radius 1 is 1.17 bits per heavy atom. The molecule has 2 heterocycles. The highest BCUT2D eigenvalue weighted by atomic mass is 15.3. The number of hydrogen-bond donors (Lipinski definition) is 1. The first kappa shape index (κ1) is 12.5. The second-order valence-corrected chi connectivity index (χ2v) is 4.51. The van der Waals surface area contributed by atoms with Crippen LogP contribution in [0.1, 0.15) is 28.5 Å². The molecule has 0 fully saturated rings. The Morgan fingerprint density at radius 2 is 1.89 bits per heavy atom. The van der Waals surface area contributed by atoms with E-state index in [9.17, 15) is 0 Å². The van der Waals surface area contributed by atoms with Crippen LogP contribution in [0.5, 0.6) is 0 Å². The van der Waals surface area contributed by atoms with Crippen LogP contribution in [-0.2, 0) is 6.54 Å². The SMILES string of the molecule is CNc1cc(C)nc(Cn2nc(C)c(C)c2C)n1. The van der Waals surface area contributed by atoms with Crippen molar-refractivity contribution in [3.63, 3.8) is 0 Å². The molecular formula is C13H19N5. The number of aryl methyl sites for hydroxylation is 2. The third-order valence-corrected chi connectivity index (χ3v) is 3.19. The second-order valence-electron chi connectivity index (χ2n) is 4.51. The van der Waals surface area contributed by atoms with Crippen LogP contribution in [0.4, 0.5) is 5.82 Å². The van der Waals surface area contributed by atoms with Gasteiger partial charge in [-0.3, -0.25) is 4.68 Å². The first-order valence-corrected chi connectivity index (χ1v) is 6.04. The largest absolute Gasteiger partial charge is 0.373 e. The van der Waals surface area contributed by atoms with E-state index in [1.54, 1.807) is 0 Å². The van der Waals surface area contributed by atoms with Crippen LogP contribution < -0.4 is 5.32 Å². The molecule has 5 nitrogen and oxygen atoms in total. The lowest BCUT2D eigenvalue weighted by molar-refractivity contribution is 0.630. The highest BCUT2D eigenvalue weighted by molar-refractivity contribution is 5.34. The van der Waals surface area contributed by atoms with Crippen LogP contribution in [-0.4, -0.2) is 26.8 Å². The van der Waals surface area contributed by atoms with Gasteiger partial charge in [-0.25, -0.2) is 9.97 Å². The van der Waals surface area contributed by atoms with Crippen LogP contribution in [0.2, 0.25) is 0 Å². The molecule has 0 aliphatic rings. The maximum atomic E-state index is 4.51. The summed E-state index contributed by atoms with van der Waals surface area (Å²) >= 11 is 0. The molecule has 0 amide bonds. The molecule has 5 heteroatoms. The van der Waals surface area contributed by atoms with E-state index in [-0.39, 0.29) is 0 Å². The first-order valence-electron chi connectivity index (χ1n) is 6.04. The Bertz CT molecular complexity index is 571. The Labute approximate surface area is 107 Å². The van der Waals surface area contributed by atoms with Gasteiger partial charge in [-0.2, -0.15) is 5.10 Å². The van der Waals surface area contributed by atoms with Gasteiger partial charge in [0.25, 0.3) is 0 Å². The van der Waals surface area contributed by atoms with Gasteiger partial charge in [-0.1, -0.05) is 0 Å². The molecule has 0 spiro atoms. The highest BCUT2D eigenvalue weighted by Gasteiger charge is 2.09. The van der Waals surface area contributed by atoms with Crippen molar-refractivity contribution in [2.45, 2.75) is 34.2 Å². The van der Waals surface area contributed by atoms with Crippen molar-refractivity contribution < 1.29 is 0 Å². The Kier molecular flexibility index (Phi) is 3.32. The second kappa shape index (κ2) is 4.76. The van der Waals surface area contributed by atoms with Crippen LogP contribution >= 0.6 is 0 Å². The van der Waals surface area contributed by atoms with Gasteiger partial charge in [0.05, 0.1) is 5.69 Å². The molecule has 96 valence electrons. The summed E-state index contributed by atoms with van der Waals surface area (Å²) in [6, 6.07) is 1.93. The van der Waals surface area contributed by atoms with Crippen molar-refractivity contribution in [2.75, 3.05) is 12.4 Å². The quantitative estimate of drug-likeness (QED) is 0.898. The molecule has 18 heavy (non-hydrogen) atoms. The molecule has 1 N–H and O–H groups in total. The summed E-state index contributed by atoms with van der Waals surface area (Å²) in [5.74, 6) is 1.63. The van der Waals surface area contributed by atoms with Gasteiger partial charge in [0, 0.05) is 24.5 Å². The predicted octanol–water partition coefficient (Wildman–Crippen LogP) is 2.00. The first-order chi connectivity index (χ1) is 8.51. The van der Waals surface area contributed by atoms with E-state index in [1.807, 2.05) is 31.6 Å². The molecule has 0 aromatic carbocycles. The molecule has 2 aromatic heterocycles. The average Bonchev–Trinajstić information content (AvgIpc) is 2.56. The van der Waals surface area contributed by atoms with E-state index in [1.165, 1.54) is 11.3 Å². The molecule has 0 atom stereocenters. The zero-order valence-electron chi connectivity index (χ0n) is 11.6. The average molecular weight is 245 g/mol. The smallest absolute Gasteiger partial charge is 0.152 e. The zero-order valence-corrected chi connectivity index (χ0v) is 11.6. The number of aromatic nitrogens is 4. The molecule has 0 aliphatic carbocycles. The molecular weight excluding hydrogens is 226 g/mol. The zero-order chi connectivity index (χ0) is 13.3. The lowest BCUT2D eigenvalue weighted by Crippen LogP contribution is -2.09. The summed E-state index contributed by atoms with van der Waals surface area (Å²) in [6.07, 6.45) is 0. The molecule has 0 bridgehead atoms. The van der Waals surface area contributed by atoms with Crippen molar-refractivity contribution >= 4 is 5.82 Å². The van der Waals surface area contributed by atoms with Crippen LogP contribution in [0.25, 0.3) is 0 Å². The fourth-order valence-electron chi connectivity index (χ4n) is 1.90. The standard InChI is InChI=1S/C13H19N5/c1-8-6-12(14-5)16-13(15-8)7-18-11(4)9(2)10(3)17-18/h6H,7H2,1-5H3,(H,14,15,16). The number of anilines is 1. The maximum Gasteiger partial charge on any atom is 0.152 e. The van der Waals surface area contributed by atoms with E-state index >= 15 is 0 Å². The third kappa shape index (κ3) is 2.34. The van der Waals surface area contributed by atoms with Crippen LogP contribution in [0.15, 0.2) is 6.07 Å². The fourth-order valence-corrected chi connectivity index (χ4v) is 1.90. The Balaban J connectivity index is 2.33. The molecule has 0 saturated carbocycles. The number of nitrogens with zero attached hydrogens (tertiary/aromatic N) is 4. The van der Waals surface area contributed by atoms with E-state index in [0.717, 1.165) is 23.0 Å². The topological polar surface area (TPSA) is 55.6 Å². The van der Waals surface area contributed by atoms with Crippen molar-refractivity contribution in [2.24, 2.45) is 0 Å². The molecule has 0 unspecified atom stereocenters. The van der Waals surface area contributed by atoms with Crippen molar-refractivity contribution in [3.05, 3.63) is 34.5 Å². The highest BCUT2D eigenvalue weighted by Crippen LogP contribution is 2.13. The summed E-state index contributed by atoms with van der Waals surface area (Å²) in [4.78, 5) is 8.89. The third-order valence-electron chi connectivity index (χ3n) is 3.19. The summed E-state index contributed by atoms with van der Waals surface area (Å²) in [5.41, 5.74) is 4.43. The summed E-state index contributed by atoms with van der Waals surface area (Å²) in [5, 5.41) is 7.55. The van der Waals surface area contributed by atoms with Crippen LogP contribution in [0.3, 0.4) is 0 Å². The molecule has 0 aliphatic heterocycles. The van der Waals surface area contributed by atoms with Gasteiger partial charge in [0.1, 0.15) is 12.4 Å². The monoisotopic (exact) mass is 245 g/mol. The van der Waals surface area contributed by atoms with E-state index in [2.05, 4.69) is 34.2 Å². The van der Waals surface area contributed by atoms with Gasteiger partial charge in [-0.05, 0) is 33.3 Å². The Hall–Kier alpha value is -1.91. The van der Waals surface area contributed by atoms with Crippen molar-refractivity contribution in [1.29, 1.82) is 0 Å². The summed E-state index contributed by atoms with van der Waals surface area (Å²) in [7, 11) is 1.86. The maximum absolute atomic E-state index is 4.51. The lowest BCUT2D eigenvalue weighted by Gasteiger charge is -2.07. The minimum Gasteiger partial charge on any atom is -0.373 e. The molecule has 2 rings (SSSR count). The van der Waals surface area contributed by atoms with Gasteiger partial charge in [0.2, 0.25) is 0 Å². The molecule has 0 radical (unpaired) electrons. The predicted molar refractivity (Wildman–Crippen MR) is 71.9 cm³/mol. The van der Waals surface area contributed by atoms with Gasteiger partial charge in [0.15, 0.2) is 5.82 Å². The summed E-state index contributed by atoms with van der Waals surface area (Å²) < 4.78 is 1.96. The minimum absolute atomic E-state index is 0.608. The van der Waals surface area contributed by atoms with E-state index in [4.69, 9.17) is 0 Å². The van der Waals surface area contributed by atoms with Crippen molar-refractivity contribution in [3.8, 4) is 0 Å². The van der Waals surface area contributed by atoms with Gasteiger partial charge < -0.3 is 5.32 Å².